The van der Waals surface area contributed by atoms with E-state index < -0.39 is 0 Å². The summed E-state index contributed by atoms with van der Waals surface area (Å²) in [5.41, 5.74) is 1.42. The molecule has 1 aromatic rings. The van der Waals surface area contributed by atoms with Gasteiger partial charge < -0.3 is 15.4 Å². The van der Waals surface area contributed by atoms with Crippen molar-refractivity contribution in [2.45, 2.75) is 29.5 Å². The normalized spacial score (nSPS) is 18.6. The Morgan fingerprint density at radius 1 is 1.50 bits per heavy atom. The van der Waals surface area contributed by atoms with Gasteiger partial charge in [-0.25, -0.2) is 0 Å². The number of carbonyl (C=O) groups is 1. The van der Waals surface area contributed by atoms with Crippen LogP contribution in [0.25, 0.3) is 0 Å². The predicted molar refractivity (Wildman–Crippen MR) is 82.1 cm³/mol. The zero-order valence-corrected chi connectivity index (χ0v) is 12.8. The lowest BCUT2D eigenvalue weighted by Crippen LogP contribution is -2.45. The summed E-state index contributed by atoms with van der Waals surface area (Å²) in [6.07, 6.45) is 1.08. The average Bonchev–Trinajstić information content (AvgIpc) is 2.87. The maximum Gasteiger partial charge on any atom is 0.236 e. The summed E-state index contributed by atoms with van der Waals surface area (Å²) in [4.78, 5) is 13.2. The van der Waals surface area contributed by atoms with Gasteiger partial charge in [-0.2, -0.15) is 0 Å². The van der Waals surface area contributed by atoms with E-state index in [9.17, 15) is 4.79 Å². The van der Waals surface area contributed by atoms with Gasteiger partial charge in [0.2, 0.25) is 5.91 Å². The molecule has 4 nitrogen and oxygen atoms in total. The van der Waals surface area contributed by atoms with Crippen LogP contribution < -0.4 is 10.6 Å². The highest BCUT2D eigenvalue weighted by Gasteiger charge is 2.22. The molecule has 1 heterocycles. The minimum atomic E-state index is -0.170. The van der Waals surface area contributed by atoms with Gasteiger partial charge in [-0.05, 0) is 25.0 Å². The first-order valence-electron chi connectivity index (χ1n) is 6.95. The Balaban J connectivity index is 1.70. The van der Waals surface area contributed by atoms with E-state index in [1.54, 1.807) is 7.11 Å². The number of thioether (sulfide) groups is 1. The number of amides is 1. The molecule has 0 bridgehead atoms. The maximum atomic E-state index is 11.8. The average molecular weight is 294 g/mol. The van der Waals surface area contributed by atoms with Crippen LogP contribution >= 0.6 is 11.8 Å². The number of benzene rings is 1. The molecule has 2 unspecified atom stereocenters. The predicted octanol–water partition coefficient (Wildman–Crippen LogP) is 1.44. The molecule has 2 rings (SSSR count). The van der Waals surface area contributed by atoms with Gasteiger partial charge in [-0.1, -0.05) is 18.2 Å². The molecule has 2 atom stereocenters. The summed E-state index contributed by atoms with van der Waals surface area (Å²) >= 11 is 1.90. The number of ether oxygens (including phenoxy) is 1. The van der Waals surface area contributed by atoms with Gasteiger partial charge in [0.25, 0.3) is 0 Å². The largest absolute Gasteiger partial charge is 0.383 e. The summed E-state index contributed by atoms with van der Waals surface area (Å²) in [5, 5.41) is 6.67. The summed E-state index contributed by atoms with van der Waals surface area (Å²) in [7, 11) is 1.63. The van der Waals surface area contributed by atoms with Crippen molar-refractivity contribution in [1.29, 1.82) is 0 Å². The van der Waals surface area contributed by atoms with Gasteiger partial charge in [-0.3, -0.25) is 4.79 Å². The van der Waals surface area contributed by atoms with Crippen molar-refractivity contribution in [3.05, 3.63) is 29.8 Å². The molecule has 0 spiro atoms. The van der Waals surface area contributed by atoms with E-state index in [1.807, 2.05) is 18.7 Å². The topological polar surface area (TPSA) is 50.4 Å². The number of fused-ring (bicyclic) bond motifs is 1. The molecule has 0 saturated carbocycles. The summed E-state index contributed by atoms with van der Waals surface area (Å²) in [6.45, 7) is 3.85. The Morgan fingerprint density at radius 2 is 2.30 bits per heavy atom. The Hall–Kier alpha value is -1.04. The molecule has 1 aromatic carbocycles. The highest BCUT2D eigenvalue weighted by atomic mass is 32.2. The first kappa shape index (κ1) is 15.4. The van der Waals surface area contributed by atoms with Gasteiger partial charge in [0.1, 0.15) is 0 Å². The van der Waals surface area contributed by atoms with Crippen LogP contribution in [0.15, 0.2) is 29.2 Å². The molecule has 110 valence electrons. The lowest BCUT2D eigenvalue weighted by Gasteiger charge is -2.16. The van der Waals surface area contributed by atoms with E-state index in [2.05, 4.69) is 34.9 Å². The van der Waals surface area contributed by atoms with E-state index >= 15 is 0 Å². The van der Waals surface area contributed by atoms with Gasteiger partial charge in [-0.15, -0.1) is 11.8 Å². The van der Waals surface area contributed by atoms with E-state index in [0.717, 1.165) is 13.0 Å². The minimum Gasteiger partial charge on any atom is -0.383 e. The Labute approximate surface area is 124 Å². The molecular formula is C15H22N2O2S. The fourth-order valence-corrected chi connectivity index (χ4v) is 3.46. The van der Waals surface area contributed by atoms with Crippen LogP contribution in [-0.2, 0) is 16.0 Å². The smallest absolute Gasteiger partial charge is 0.236 e. The number of hydrogen-bond acceptors (Lipinski definition) is 4. The number of hydrogen-bond donors (Lipinski definition) is 2. The molecule has 0 fully saturated rings. The van der Waals surface area contributed by atoms with Gasteiger partial charge in [0, 0.05) is 30.3 Å². The van der Waals surface area contributed by atoms with Gasteiger partial charge in [0.15, 0.2) is 0 Å². The zero-order valence-electron chi connectivity index (χ0n) is 12.0. The van der Waals surface area contributed by atoms with Crippen molar-refractivity contribution in [2.75, 3.05) is 26.8 Å². The highest BCUT2D eigenvalue weighted by molar-refractivity contribution is 8.00. The minimum absolute atomic E-state index is 0.0301. The van der Waals surface area contributed by atoms with E-state index in [0.29, 0.717) is 18.4 Å². The molecule has 0 aliphatic carbocycles. The second-order valence-electron chi connectivity index (χ2n) is 4.97. The molecule has 1 aliphatic heterocycles. The lowest BCUT2D eigenvalue weighted by molar-refractivity contribution is -0.122. The molecule has 0 aromatic heterocycles. The highest BCUT2D eigenvalue weighted by Crippen LogP contribution is 2.36. The molecule has 5 heteroatoms. The maximum absolute atomic E-state index is 11.8. The fraction of sp³-hybridized carbons (Fsp3) is 0.533. The molecular weight excluding hydrogens is 272 g/mol. The number of rotatable bonds is 7. The third kappa shape index (κ3) is 4.23. The third-order valence-corrected chi connectivity index (χ3v) is 4.68. The summed E-state index contributed by atoms with van der Waals surface area (Å²) < 4.78 is 4.91. The Kier molecular flexibility index (Phi) is 5.88. The monoisotopic (exact) mass is 294 g/mol. The summed E-state index contributed by atoms with van der Waals surface area (Å²) in [6, 6.07) is 8.34. The van der Waals surface area contributed by atoms with Crippen LogP contribution in [0.3, 0.4) is 0 Å². The SMILES string of the molecule is COCCNC(=O)C(C)NCC1Cc2ccccc2S1. The van der Waals surface area contributed by atoms with Crippen LogP contribution in [0.5, 0.6) is 0 Å². The fourth-order valence-electron chi connectivity index (χ4n) is 2.20. The van der Waals surface area contributed by atoms with Crippen molar-refractivity contribution in [3.8, 4) is 0 Å². The Bertz CT molecular complexity index is 428. The van der Waals surface area contributed by atoms with Crippen LogP contribution in [0.1, 0.15) is 12.5 Å². The molecule has 1 amide bonds. The second kappa shape index (κ2) is 7.67. The van der Waals surface area contributed by atoms with Crippen molar-refractivity contribution in [3.63, 3.8) is 0 Å². The lowest BCUT2D eigenvalue weighted by atomic mass is 10.1. The Morgan fingerprint density at radius 3 is 3.05 bits per heavy atom. The zero-order chi connectivity index (χ0) is 14.4. The molecule has 0 radical (unpaired) electrons. The summed E-state index contributed by atoms with van der Waals surface area (Å²) in [5.74, 6) is 0.0301. The number of methoxy groups -OCH3 is 1. The standard InChI is InChI=1S/C15H22N2O2S/c1-11(15(18)16-7-8-19-2)17-10-13-9-12-5-3-4-6-14(12)20-13/h3-6,11,13,17H,7-10H2,1-2H3,(H,16,18). The van der Waals surface area contributed by atoms with Crippen molar-refractivity contribution >= 4 is 17.7 Å². The molecule has 1 aliphatic rings. The van der Waals surface area contributed by atoms with Crippen LogP contribution in [0.2, 0.25) is 0 Å². The molecule has 20 heavy (non-hydrogen) atoms. The van der Waals surface area contributed by atoms with E-state index in [1.165, 1.54) is 10.5 Å². The van der Waals surface area contributed by atoms with Crippen molar-refractivity contribution in [1.82, 2.24) is 10.6 Å². The third-order valence-electron chi connectivity index (χ3n) is 3.36. The van der Waals surface area contributed by atoms with Gasteiger partial charge in [0.05, 0.1) is 12.6 Å². The van der Waals surface area contributed by atoms with Crippen molar-refractivity contribution in [2.24, 2.45) is 0 Å². The second-order valence-corrected chi connectivity index (χ2v) is 6.31. The van der Waals surface area contributed by atoms with E-state index in [4.69, 9.17) is 4.74 Å². The van der Waals surface area contributed by atoms with Gasteiger partial charge >= 0.3 is 0 Å². The molecule has 2 N–H and O–H groups in total. The first-order valence-corrected chi connectivity index (χ1v) is 7.83. The van der Waals surface area contributed by atoms with Crippen molar-refractivity contribution < 1.29 is 9.53 Å². The number of nitrogens with one attached hydrogen (secondary N) is 2. The molecule has 0 saturated heterocycles. The first-order chi connectivity index (χ1) is 9.70. The quantitative estimate of drug-likeness (QED) is 0.747. The van der Waals surface area contributed by atoms with Crippen LogP contribution in [0, 0.1) is 0 Å². The van der Waals surface area contributed by atoms with Crippen LogP contribution in [-0.4, -0.2) is 44.0 Å². The van der Waals surface area contributed by atoms with Crippen LogP contribution in [0.4, 0.5) is 0 Å². The van der Waals surface area contributed by atoms with E-state index in [-0.39, 0.29) is 11.9 Å². The number of carbonyl (C=O) groups excluding carboxylic acids is 1.